The number of hydrogen-bond acceptors (Lipinski definition) is 4. The maximum absolute atomic E-state index is 8.77. The summed E-state index contributed by atoms with van der Waals surface area (Å²) in [6, 6.07) is 9.68. The van der Waals surface area contributed by atoms with Gasteiger partial charge in [0.2, 0.25) is 0 Å². The van der Waals surface area contributed by atoms with Crippen LogP contribution < -0.4 is 0 Å². The highest BCUT2D eigenvalue weighted by atomic mass is 32.1. The summed E-state index contributed by atoms with van der Waals surface area (Å²) in [7, 11) is 0. The van der Waals surface area contributed by atoms with Crippen LogP contribution in [0.15, 0.2) is 29.6 Å². The van der Waals surface area contributed by atoms with Crippen LogP contribution >= 0.6 is 11.3 Å². The van der Waals surface area contributed by atoms with Crippen molar-refractivity contribution in [2.45, 2.75) is 12.3 Å². The van der Waals surface area contributed by atoms with E-state index in [2.05, 4.69) is 16.4 Å². The van der Waals surface area contributed by atoms with E-state index in [4.69, 9.17) is 10.00 Å². The van der Waals surface area contributed by atoms with Crippen LogP contribution in [0.3, 0.4) is 0 Å². The largest absolute Gasteiger partial charge is 0.381 e. The third-order valence-corrected chi connectivity index (χ3v) is 4.04. The summed E-state index contributed by atoms with van der Waals surface area (Å²) in [6.45, 7) is 1.63. The molecule has 0 N–H and O–H groups in total. The van der Waals surface area contributed by atoms with Crippen LogP contribution in [0.4, 0.5) is 0 Å². The minimum atomic E-state index is 0.452. The van der Waals surface area contributed by atoms with E-state index in [0.717, 1.165) is 35.9 Å². The second-order valence-electron chi connectivity index (χ2n) is 4.33. The van der Waals surface area contributed by atoms with Crippen molar-refractivity contribution >= 4 is 11.3 Å². The van der Waals surface area contributed by atoms with E-state index in [1.807, 2.05) is 24.3 Å². The zero-order valence-corrected chi connectivity index (χ0v) is 10.6. The number of benzene rings is 1. The lowest BCUT2D eigenvalue weighted by atomic mass is 10.1. The minimum absolute atomic E-state index is 0.452. The molecule has 1 saturated heterocycles. The van der Waals surface area contributed by atoms with Gasteiger partial charge in [-0.2, -0.15) is 5.26 Å². The van der Waals surface area contributed by atoms with Gasteiger partial charge in [-0.15, -0.1) is 11.3 Å². The van der Waals surface area contributed by atoms with E-state index < -0.39 is 0 Å². The molecule has 3 nitrogen and oxygen atoms in total. The van der Waals surface area contributed by atoms with Gasteiger partial charge < -0.3 is 4.74 Å². The summed E-state index contributed by atoms with van der Waals surface area (Å²) in [5.41, 5.74) is 2.89. The molecule has 1 aromatic heterocycles. The standard InChI is InChI=1S/C14H12N2OS/c15-7-10-1-3-11(4-2-10)14-16-13(9-18-14)12-5-6-17-8-12/h1-4,9,12H,5-6,8H2. The molecule has 1 aliphatic heterocycles. The van der Waals surface area contributed by atoms with Gasteiger partial charge in [0.05, 0.1) is 23.9 Å². The smallest absolute Gasteiger partial charge is 0.123 e. The molecular weight excluding hydrogens is 244 g/mol. The van der Waals surface area contributed by atoms with E-state index in [1.165, 1.54) is 0 Å². The Bertz CT molecular complexity index is 577. The first-order chi connectivity index (χ1) is 8.86. The molecule has 0 saturated carbocycles. The molecule has 2 aromatic rings. The van der Waals surface area contributed by atoms with Crippen LogP contribution in [-0.4, -0.2) is 18.2 Å². The van der Waals surface area contributed by atoms with Crippen LogP contribution in [-0.2, 0) is 4.74 Å². The van der Waals surface area contributed by atoms with E-state index in [0.29, 0.717) is 11.5 Å². The van der Waals surface area contributed by atoms with Gasteiger partial charge in [-0.1, -0.05) is 12.1 Å². The minimum Gasteiger partial charge on any atom is -0.381 e. The zero-order chi connectivity index (χ0) is 12.4. The SMILES string of the molecule is N#Cc1ccc(-c2nc(C3CCOC3)cs2)cc1. The quantitative estimate of drug-likeness (QED) is 0.829. The monoisotopic (exact) mass is 256 g/mol. The summed E-state index contributed by atoms with van der Waals surface area (Å²) < 4.78 is 5.39. The summed E-state index contributed by atoms with van der Waals surface area (Å²) in [5, 5.41) is 11.9. The lowest BCUT2D eigenvalue weighted by Gasteiger charge is -2.01. The maximum Gasteiger partial charge on any atom is 0.123 e. The third kappa shape index (κ3) is 2.15. The van der Waals surface area contributed by atoms with Crippen molar-refractivity contribution in [2.75, 3.05) is 13.2 Å². The Morgan fingerprint density at radius 3 is 2.83 bits per heavy atom. The van der Waals surface area contributed by atoms with Crippen molar-refractivity contribution in [1.82, 2.24) is 4.98 Å². The van der Waals surface area contributed by atoms with Gasteiger partial charge in [0.15, 0.2) is 0 Å². The number of ether oxygens (including phenoxy) is 1. The number of thiazole rings is 1. The second kappa shape index (κ2) is 4.89. The molecule has 1 atom stereocenters. The highest BCUT2D eigenvalue weighted by Gasteiger charge is 2.20. The average Bonchev–Trinajstić information content (AvgIpc) is 3.09. The van der Waals surface area contributed by atoms with Crippen molar-refractivity contribution in [3.8, 4) is 16.6 Å². The van der Waals surface area contributed by atoms with Gasteiger partial charge in [0.25, 0.3) is 0 Å². The van der Waals surface area contributed by atoms with Crippen molar-refractivity contribution in [2.24, 2.45) is 0 Å². The highest BCUT2D eigenvalue weighted by molar-refractivity contribution is 7.13. The van der Waals surface area contributed by atoms with Crippen molar-refractivity contribution < 1.29 is 4.74 Å². The van der Waals surface area contributed by atoms with Gasteiger partial charge in [-0.25, -0.2) is 4.98 Å². The molecule has 1 fully saturated rings. The topological polar surface area (TPSA) is 45.9 Å². The number of nitriles is 1. The van der Waals surface area contributed by atoms with Crippen molar-refractivity contribution in [1.29, 1.82) is 5.26 Å². The average molecular weight is 256 g/mol. The summed E-state index contributed by atoms with van der Waals surface area (Å²) >= 11 is 1.65. The molecule has 4 heteroatoms. The Morgan fingerprint density at radius 1 is 1.33 bits per heavy atom. The van der Waals surface area contributed by atoms with Gasteiger partial charge >= 0.3 is 0 Å². The summed E-state index contributed by atoms with van der Waals surface area (Å²) in [6.07, 6.45) is 1.07. The molecule has 0 bridgehead atoms. The number of aromatic nitrogens is 1. The molecule has 3 rings (SSSR count). The molecule has 0 spiro atoms. The van der Waals surface area contributed by atoms with E-state index >= 15 is 0 Å². The number of nitrogens with zero attached hydrogens (tertiary/aromatic N) is 2. The van der Waals surface area contributed by atoms with Gasteiger partial charge in [-0.05, 0) is 18.6 Å². The Hall–Kier alpha value is -1.70. The zero-order valence-electron chi connectivity index (χ0n) is 9.80. The van der Waals surface area contributed by atoms with Crippen LogP contribution in [0.2, 0.25) is 0 Å². The molecule has 1 unspecified atom stereocenters. The fourth-order valence-electron chi connectivity index (χ4n) is 2.06. The molecule has 90 valence electrons. The van der Waals surface area contributed by atoms with Crippen LogP contribution in [0.5, 0.6) is 0 Å². The molecule has 2 heterocycles. The predicted octanol–water partition coefficient (Wildman–Crippen LogP) is 3.19. The third-order valence-electron chi connectivity index (χ3n) is 3.13. The number of hydrogen-bond donors (Lipinski definition) is 0. The second-order valence-corrected chi connectivity index (χ2v) is 5.19. The molecule has 0 amide bonds. The Balaban J connectivity index is 1.85. The number of rotatable bonds is 2. The Kier molecular flexibility index (Phi) is 3.09. The summed E-state index contributed by atoms with van der Waals surface area (Å²) in [4.78, 5) is 4.67. The van der Waals surface area contributed by atoms with E-state index in [1.54, 1.807) is 11.3 Å². The lowest BCUT2D eigenvalue weighted by molar-refractivity contribution is 0.193. The predicted molar refractivity (Wildman–Crippen MR) is 70.4 cm³/mol. The van der Waals surface area contributed by atoms with Gasteiger partial charge in [-0.3, -0.25) is 0 Å². The first-order valence-electron chi connectivity index (χ1n) is 5.90. The van der Waals surface area contributed by atoms with E-state index in [9.17, 15) is 0 Å². The van der Waals surface area contributed by atoms with E-state index in [-0.39, 0.29) is 0 Å². The van der Waals surface area contributed by atoms with Gasteiger partial charge in [0, 0.05) is 23.5 Å². The highest BCUT2D eigenvalue weighted by Crippen LogP contribution is 2.30. The van der Waals surface area contributed by atoms with Crippen LogP contribution in [0, 0.1) is 11.3 Å². The van der Waals surface area contributed by atoms with Crippen molar-refractivity contribution in [3.63, 3.8) is 0 Å². The fourth-order valence-corrected chi connectivity index (χ4v) is 2.97. The molecule has 0 radical (unpaired) electrons. The Morgan fingerprint density at radius 2 is 2.17 bits per heavy atom. The normalized spacial score (nSPS) is 18.7. The molecule has 18 heavy (non-hydrogen) atoms. The Labute approximate surface area is 110 Å². The summed E-state index contributed by atoms with van der Waals surface area (Å²) in [5.74, 6) is 0.452. The molecule has 0 aliphatic carbocycles. The van der Waals surface area contributed by atoms with Crippen LogP contribution in [0.25, 0.3) is 10.6 Å². The molecule has 1 aromatic carbocycles. The van der Waals surface area contributed by atoms with Gasteiger partial charge in [0.1, 0.15) is 5.01 Å². The van der Waals surface area contributed by atoms with Crippen LogP contribution in [0.1, 0.15) is 23.6 Å². The molecular formula is C14H12N2OS. The fraction of sp³-hybridized carbons (Fsp3) is 0.286. The first-order valence-corrected chi connectivity index (χ1v) is 6.78. The molecule has 1 aliphatic rings. The first kappa shape index (κ1) is 11.4. The van der Waals surface area contributed by atoms with Crippen molar-refractivity contribution in [3.05, 3.63) is 40.9 Å². The lowest BCUT2D eigenvalue weighted by Crippen LogP contribution is -1.97. The maximum atomic E-state index is 8.77.